The summed E-state index contributed by atoms with van der Waals surface area (Å²) >= 11 is 0. The van der Waals surface area contributed by atoms with Gasteiger partial charge in [0.1, 0.15) is 0 Å². The summed E-state index contributed by atoms with van der Waals surface area (Å²) in [4.78, 5) is 15.4. The first-order valence-electron chi connectivity index (χ1n) is 5.97. The number of para-hydroxylation sites is 1. The number of hydrogen-bond donors (Lipinski definition) is 1. The van der Waals surface area contributed by atoms with E-state index in [4.69, 9.17) is 5.11 Å². The number of aliphatic hydroxyl groups excluding tert-OH is 1. The molecule has 92 valence electrons. The predicted octanol–water partition coefficient (Wildman–Crippen LogP) is 0.613. The molecule has 2 rings (SSSR count). The Morgan fingerprint density at radius 3 is 2.53 bits per heavy atom. The molecule has 0 amide bonds. The second kappa shape index (κ2) is 5.80. The number of aliphatic hydroxyl groups is 1. The minimum Gasteiger partial charge on any atom is -0.395 e. The lowest BCUT2D eigenvalue weighted by atomic mass is 10.1. The van der Waals surface area contributed by atoms with Crippen LogP contribution < -0.4 is 4.90 Å². The fourth-order valence-corrected chi connectivity index (χ4v) is 2.23. The standard InChI is InChI=1S/C13H18N2O2/c16-10-9-14-5-7-15(8-6-14)13-4-2-1-3-12(13)11-17/h1-4,11,16H,5-10H2. The van der Waals surface area contributed by atoms with Crippen LogP contribution >= 0.6 is 0 Å². The number of carbonyl (C=O) groups excluding carboxylic acids is 1. The fraction of sp³-hybridized carbons (Fsp3) is 0.462. The molecule has 1 saturated heterocycles. The third-order valence-electron chi connectivity index (χ3n) is 3.19. The maximum absolute atomic E-state index is 11.0. The van der Waals surface area contributed by atoms with E-state index in [-0.39, 0.29) is 6.61 Å². The Morgan fingerprint density at radius 1 is 1.18 bits per heavy atom. The molecule has 0 aliphatic carbocycles. The van der Waals surface area contributed by atoms with Crippen molar-refractivity contribution in [2.24, 2.45) is 0 Å². The zero-order valence-electron chi connectivity index (χ0n) is 9.88. The van der Waals surface area contributed by atoms with Crippen LogP contribution in [-0.4, -0.2) is 55.6 Å². The molecule has 0 unspecified atom stereocenters. The summed E-state index contributed by atoms with van der Waals surface area (Å²) in [6.45, 7) is 4.64. The van der Waals surface area contributed by atoms with E-state index in [1.807, 2.05) is 24.3 Å². The van der Waals surface area contributed by atoms with Crippen LogP contribution in [0.25, 0.3) is 0 Å². The number of hydrogen-bond acceptors (Lipinski definition) is 4. The Bertz CT molecular complexity index is 373. The average Bonchev–Trinajstić information content (AvgIpc) is 2.40. The maximum atomic E-state index is 11.0. The van der Waals surface area contributed by atoms with Gasteiger partial charge in [-0.15, -0.1) is 0 Å². The van der Waals surface area contributed by atoms with Crippen molar-refractivity contribution >= 4 is 12.0 Å². The quantitative estimate of drug-likeness (QED) is 0.775. The van der Waals surface area contributed by atoms with E-state index in [9.17, 15) is 4.79 Å². The molecule has 0 bridgehead atoms. The van der Waals surface area contributed by atoms with Gasteiger partial charge in [-0.1, -0.05) is 12.1 Å². The van der Waals surface area contributed by atoms with E-state index in [1.165, 1.54) is 0 Å². The van der Waals surface area contributed by atoms with Crippen molar-refractivity contribution in [2.45, 2.75) is 0 Å². The molecular weight excluding hydrogens is 216 g/mol. The van der Waals surface area contributed by atoms with Crippen LogP contribution in [-0.2, 0) is 0 Å². The molecule has 1 heterocycles. The summed E-state index contributed by atoms with van der Waals surface area (Å²) in [5.74, 6) is 0. The Kier molecular flexibility index (Phi) is 4.12. The molecule has 1 fully saturated rings. The largest absolute Gasteiger partial charge is 0.395 e. The highest BCUT2D eigenvalue weighted by atomic mass is 16.3. The molecule has 0 radical (unpaired) electrons. The second-order valence-corrected chi connectivity index (χ2v) is 4.23. The molecular formula is C13H18N2O2. The first-order chi connectivity index (χ1) is 8.35. The Morgan fingerprint density at radius 2 is 1.88 bits per heavy atom. The summed E-state index contributed by atoms with van der Waals surface area (Å²) < 4.78 is 0. The molecule has 1 aromatic carbocycles. The maximum Gasteiger partial charge on any atom is 0.152 e. The normalized spacial score (nSPS) is 17.1. The van der Waals surface area contributed by atoms with Crippen molar-refractivity contribution in [3.63, 3.8) is 0 Å². The molecule has 0 spiro atoms. The summed E-state index contributed by atoms with van der Waals surface area (Å²) in [5, 5.41) is 8.88. The van der Waals surface area contributed by atoms with E-state index in [0.717, 1.165) is 50.3 Å². The van der Waals surface area contributed by atoms with Gasteiger partial charge in [0.15, 0.2) is 6.29 Å². The van der Waals surface area contributed by atoms with Gasteiger partial charge in [0.05, 0.1) is 6.61 Å². The second-order valence-electron chi connectivity index (χ2n) is 4.23. The number of anilines is 1. The summed E-state index contributed by atoms with van der Waals surface area (Å²) in [6.07, 6.45) is 0.912. The molecule has 1 aliphatic rings. The number of aldehydes is 1. The Hall–Kier alpha value is -1.39. The highest BCUT2D eigenvalue weighted by molar-refractivity contribution is 5.84. The lowest BCUT2D eigenvalue weighted by Crippen LogP contribution is -2.47. The zero-order chi connectivity index (χ0) is 12.1. The fourth-order valence-electron chi connectivity index (χ4n) is 2.23. The van der Waals surface area contributed by atoms with Crippen LogP contribution in [0.15, 0.2) is 24.3 Å². The summed E-state index contributed by atoms with van der Waals surface area (Å²) in [6, 6.07) is 7.69. The molecule has 4 heteroatoms. The summed E-state index contributed by atoms with van der Waals surface area (Å²) in [5.41, 5.74) is 1.77. The monoisotopic (exact) mass is 234 g/mol. The molecule has 0 saturated carbocycles. The highest BCUT2D eigenvalue weighted by Crippen LogP contribution is 2.20. The van der Waals surface area contributed by atoms with Crippen molar-refractivity contribution < 1.29 is 9.90 Å². The van der Waals surface area contributed by atoms with Gasteiger partial charge < -0.3 is 10.0 Å². The molecule has 1 aromatic rings. The number of piperazine rings is 1. The number of rotatable bonds is 4. The van der Waals surface area contributed by atoms with Crippen molar-refractivity contribution in [3.05, 3.63) is 29.8 Å². The zero-order valence-corrected chi connectivity index (χ0v) is 9.88. The van der Waals surface area contributed by atoms with Gasteiger partial charge in [0, 0.05) is 44.0 Å². The molecule has 0 atom stereocenters. The van der Waals surface area contributed by atoms with Crippen LogP contribution in [0.2, 0.25) is 0 Å². The van der Waals surface area contributed by atoms with E-state index in [1.54, 1.807) is 0 Å². The SMILES string of the molecule is O=Cc1ccccc1N1CCN(CCO)CC1. The van der Waals surface area contributed by atoms with Crippen molar-refractivity contribution in [1.82, 2.24) is 4.90 Å². The van der Waals surface area contributed by atoms with Gasteiger partial charge in [-0.05, 0) is 12.1 Å². The third-order valence-corrected chi connectivity index (χ3v) is 3.19. The number of β-amino-alcohol motifs (C(OH)–C–C–N with tert-alkyl or cyclic N) is 1. The van der Waals surface area contributed by atoms with Crippen molar-refractivity contribution in [3.8, 4) is 0 Å². The van der Waals surface area contributed by atoms with Crippen LogP contribution in [0.1, 0.15) is 10.4 Å². The van der Waals surface area contributed by atoms with Crippen LogP contribution in [0.5, 0.6) is 0 Å². The third kappa shape index (κ3) is 2.84. The summed E-state index contributed by atoms with van der Waals surface area (Å²) in [7, 11) is 0. The molecule has 0 aromatic heterocycles. The van der Waals surface area contributed by atoms with Crippen molar-refractivity contribution in [2.75, 3.05) is 44.2 Å². The number of nitrogens with zero attached hydrogens (tertiary/aromatic N) is 2. The van der Waals surface area contributed by atoms with Crippen LogP contribution in [0, 0.1) is 0 Å². The number of benzene rings is 1. The minimum absolute atomic E-state index is 0.213. The van der Waals surface area contributed by atoms with Gasteiger partial charge in [-0.25, -0.2) is 0 Å². The van der Waals surface area contributed by atoms with Gasteiger partial charge in [0.25, 0.3) is 0 Å². The van der Waals surface area contributed by atoms with Crippen molar-refractivity contribution in [1.29, 1.82) is 0 Å². The Labute approximate surface area is 101 Å². The predicted molar refractivity (Wildman–Crippen MR) is 67.6 cm³/mol. The lowest BCUT2D eigenvalue weighted by molar-refractivity contribution is 0.112. The van der Waals surface area contributed by atoms with E-state index < -0.39 is 0 Å². The molecule has 4 nitrogen and oxygen atoms in total. The average molecular weight is 234 g/mol. The van der Waals surface area contributed by atoms with E-state index in [0.29, 0.717) is 0 Å². The van der Waals surface area contributed by atoms with Crippen LogP contribution in [0.4, 0.5) is 5.69 Å². The van der Waals surface area contributed by atoms with Crippen LogP contribution in [0.3, 0.4) is 0 Å². The van der Waals surface area contributed by atoms with Gasteiger partial charge in [-0.2, -0.15) is 0 Å². The molecule has 1 N–H and O–H groups in total. The highest BCUT2D eigenvalue weighted by Gasteiger charge is 2.18. The number of carbonyl (C=O) groups is 1. The minimum atomic E-state index is 0.213. The smallest absolute Gasteiger partial charge is 0.152 e. The molecule has 1 aliphatic heterocycles. The van der Waals surface area contributed by atoms with Gasteiger partial charge >= 0.3 is 0 Å². The Balaban J connectivity index is 2.02. The first kappa shape index (κ1) is 12.1. The van der Waals surface area contributed by atoms with E-state index >= 15 is 0 Å². The van der Waals surface area contributed by atoms with Gasteiger partial charge in [0.2, 0.25) is 0 Å². The molecule has 17 heavy (non-hydrogen) atoms. The van der Waals surface area contributed by atoms with E-state index in [2.05, 4.69) is 9.80 Å². The lowest BCUT2D eigenvalue weighted by Gasteiger charge is -2.36. The topological polar surface area (TPSA) is 43.8 Å². The first-order valence-corrected chi connectivity index (χ1v) is 5.97. The van der Waals surface area contributed by atoms with Gasteiger partial charge in [-0.3, -0.25) is 9.69 Å².